The number of hydrogen-bond donors (Lipinski definition) is 1. The molecule has 8 heteroatoms. The summed E-state index contributed by atoms with van der Waals surface area (Å²) < 4.78 is 6.05. The number of carboxylic acids is 1. The summed E-state index contributed by atoms with van der Waals surface area (Å²) in [5, 5.41) is 10.1. The summed E-state index contributed by atoms with van der Waals surface area (Å²) in [6.45, 7) is 10.3. The number of rotatable bonds is 6. The van der Waals surface area contributed by atoms with Gasteiger partial charge in [-0.15, -0.1) is 11.3 Å². The highest BCUT2D eigenvalue weighted by Gasteiger charge is 2.39. The lowest BCUT2D eigenvalue weighted by atomic mass is 9.79. The minimum Gasteiger partial charge on any atom is -0.477 e. The zero-order chi connectivity index (χ0) is 27.4. The van der Waals surface area contributed by atoms with Crippen LogP contribution in [0.1, 0.15) is 87.7 Å². The summed E-state index contributed by atoms with van der Waals surface area (Å²) in [5.74, 6) is 5.89. The number of aromatic carboxylic acids is 1. The maximum atomic E-state index is 14.2. The van der Waals surface area contributed by atoms with E-state index < -0.39 is 5.97 Å². The van der Waals surface area contributed by atoms with Gasteiger partial charge >= 0.3 is 5.97 Å². The summed E-state index contributed by atoms with van der Waals surface area (Å²) in [6, 6.07) is 3.44. The molecule has 2 aliphatic rings. The first kappa shape index (κ1) is 27.8. The van der Waals surface area contributed by atoms with Crippen molar-refractivity contribution in [1.82, 2.24) is 9.97 Å². The van der Waals surface area contributed by atoms with Crippen molar-refractivity contribution in [1.29, 1.82) is 0 Å². The van der Waals surface area contributed by atoms with Crippen LogP contribution in [0.2, 0.25) is 0 Å². The number of thiophene rings is 1. The number of allylic oxidation sites excluding steroid dienone is 2. The van der Waals surface area contributed by atoms with Gasteiger partial charge in [-0.1, -0.05) is 30.4 Å². The molecule has 4 rings (SSSR count). The summed E-state index contributed by atoms with van der Waals surface area (Å²) in [7, 11) is 0. The molecule has 2 atom stereocenters. The van der Waals surface area contributed by atoms with Crippen LogP contribution < -0.4 is 9.64 Å². The molecule has 0 aromatic carbocycles. The Balaban J connectivity index is 1.65. The average Bonchev–Trinajstić information content (AvgIpc) is 3.28. The third kappa shape index (κ3) is 6.82. The first-order valence-electron chi connectivity index (χ1n) is 13.3. The van der Waals surface area contributed by atoms with Crippen molar-refractivity contribution in [3.05, 3.63) is 46.1 Å². The van der Waals surface area contributed by atoms with Crippen LogP contribution in [0.5, 0.6) is 5.88 Å². The maximum Gasteiger partial charge on any atom is 0.348 e. The SMILES string of the molecule is CC1=CCC(C(=O)N(c2cc(C#CC(C)(C)C)sc2C(=O)O)[C@H]2CC[C@H](Oc3ccncn3)CC2)[C@@H](C)C1. The second-order valence-corrected chi connectivity index (χ2v) is 12.6. The zero-order valence-corrected chi connectivity index (χ0v) is 23.7. The predicted molar refractivity (Wildman–Crippen MR) is 149 cm³/mol. The summed E-state index contributed by atoms with van der Waals surface area (Å²) in [5.41, 5.74) is 1.56. The molecule has 2 aromatic heterocycles. The number of ether oxygens (including phenoxy) is 1. The summed E-state index contributed by atoms with van der Waals surface area (Å²) >= 11 is 1.15. The molecule has 0 saturated heterocycles. The number of carboxylic acid groups (broad SMARTS) is 1. The van der Waals surface area contributed by atoms with Gasteiger partial charge < -0.3 is 14.7 Å². The highest BCUT2D eigenvalue weighted by Crippen LogP contribution is 2.39. The fraction of sp³-hybridized carbons (Fsp3) is 0.533. The van der Waals surface area contributed by atoms with E-state index in [1.807, 2.05) is 26.8 Å². The van der Waals surface area contributed by atoms with Gasteiger partial charge in [-0.3, -0.25) is 4.79 Å². The Hall–Kier alpha value is -3.18. The van der Waals surface area contributed by atoms with Crippen LogP contribution in [0, 0.1) is 29.1 Å². The van der Waals surface area contributed by atoms with Gasteiger partial charge in [0.25, 0.3) is 0 Å². The van der Waals surface area contributed by atoms with Crippen LogP contribution in [0.3, 0.4) is 0 Å². The standard InChI is InChI=1S/C30H37N3O4S/c1-19-6-11-24(20(2)16-19)28(34)33(21-7-9-22(10-8-21)37-26-13-15-31-18-32-26)25-17-23(12-14-30(3,4)5)38-27(25)29(35)36/h6,13,15,17-18,20-22,24H,7-11,16H2,1-5H3,(H,35,36)/t20-,21-,22-,24?/m0/s1. The molecular formula is C30H37N3O4S. The average molecular weight is 536 g/mol. The van der Waals surface area contributed by atoms with Gasteiger partial charge in [0.15, 0.2) is 0 Å². The first-order chi connectivity index (χ1) is 18.0. The Kier molecular flexibility index (Phi) is 8.57. The van der Waals surface area contributed by atoms with E-state index in [4.69, 9.17) is 4.74 Å². The Labute approximate surface area is 229 Å². The van der Waals surface area contributed by atoms with Gasteiger partial charge in [0, 0.05) is 29.6 Å². The zero-order valence-electron chi connectivity index (χ0n) is 22.9. The molecule has 1 saturated carbocycles. The molecular weight excluding hydrogens is 498 g/mol. The van der Waals surface area contributed by atoms with E-state index in [0.717, 1.165) is 43.4 Å². The van der Waals surface area contributed by atoms with E-state index in [2.05, 4.69) is 41.7 Å². The van der Waals surface area contributed by atoms with E-state index in [-0.39, 0.29) is 40.2 Å². The van der Waals surface area contributed by atoms with E-state index in [1.165, 1.54) is 11.9 Å². The minimum absolute atomic E-state index is 0.00748. The van der Waals surface area contributed by atoms with Crippen molar-refractivity contribution in [3.8, 4) is 17.7 Å². The lowest BCUT2D eigenvalue weighted by Crippen LogP contribution is -2.48. The molecule has 2 aromatic rings. The molecule has 0 bridgehead atoms. The number of hydrogen-bond acceptors (Lipinski definition) is 6. The van der Waals surface area contributed by atoms with E-state index in [0.29, 0.717) is 22.9 Å². The van der Waals surface area contributed by atoms with Gasteiger partial charge in [-0.2, -0.15) is 0 Å². The fourth-order valence-electron chi connectivity index (χ4n) is 5.28. The summed E-state index contributed by atoms with van der Waals surface area (Å²) in [4.78, 5) is 37.3. The van der Waals surface area contributed by atoms with E-state index in [9.17, 15) is 14.7 Å². The van der Waals surface area contributed by atoms with Gasteiger partial charge in [-0.05, 0) is 78.2 Å². The van der Waals surface area contributed by atoms with Crippen LogP contribution in [-0.2, 0) is 4.79 Å². The van der Waals surface area contributed by atoms with Gasteiger partial charge in [0.1, 0.15) is 17.3 Å². The number of carbonyl (C=O) groups is 2. The van der Waals surface area contributed by atoms with E-state index in [1.54, 1.807) is 17.2 Å². The fourth-order valence-corrected chi connectivity index (χ4v) is 6.12. The van der Waals surface area contributed by atoms with Gasteiger partial charge in [-0.25, -0.2) is 14.8 Å². The third-order valence-corrected chi connectivity index (χ3v) is 8.21. The van der Waals surface area contributed by atoms with Crippen molar-refractivity contribution in [3.63, 3.8) is 0 Å². The molecule has 202 valence electrons. The highest BCUT2D eigenvalue weighted by atomic mass is 32.1. The number of anilines is 1. The van der Waals surface area contributed by atoms with Crippen LogP contribution in [0.25, 0.3) is 0 Å². The quantitative estimate of drug-likeness (QED) is 0.342. The van der Waals surface area contributed by atoms with Crippen molar-refractivity contribution in [2.24, 2.45) is 17.3 Å². The third-order valence-electron chi connectivity index (χ3n) is 7.18. The summed E-state index contributed by atoms with van der Waals surface area (Å²) in [6.07, 6.45) is 9.75. The second kappa shape index (κ2) is 11.7. The molecule has 1 N–H and O–H groups in total. The van der Waals surface area contributed by atoms with Crippen LogP contribution >= 0.6 is 11.3 Å². The molecule has 1 amide bonds. The van der Waals surface area contributed by atoms with Crippen LogP contribution in [0.4, 0.5) is 5.69 Å². The largest absolute Gasteiger partial charge is 0.477 e. The Morgan fingerprint density at radius 2 is 1.95 bits per heavy atom. The molecule has 7 nitrogen and oxygen atoms in total. The minimum atomic E-state index is -1.03. The Morgan fingerprint density at radius 3 is 2.55 bits per heavy atom. The lowest BCUT2D eigenvalue weighted by Gasteiger charge is -2.40. The first-order valence-corrected chi connectivity index (χ1v) is 14.1. The van der Waals surface area contributed by atoms with Gasteiger partial charge in [0.2, 0.25) is 11.8 Å². The number of amides is 1. The van der Waals surface area contributed by atoms with Crippen molar-refractivity contribution in [2.45, 2.75) is 85.3 Å². The number of aromatic nitrogens is 2. The van der Waals surface area contributed by atoms with Crippen molar-refractivity contribution in [2.75, 3.05) is 4.90 Å². The number of nitrogens with zero attached hydrogens (tertiary/aromatic N) is 3. The lowest BCUT2D eigenvalue weighted by molar-refractivity contribution is -0.124. The Bertz CT molecular complexity index is 1240. The molecule has 0 spiro atoms. The topological polar surface area (TPSA) is 92.6 Å². The molecule has 38 heavy (non-hydrogen) atoms. The van der Waals surface area contributed by atoms with Crippen LogP contribution in [-0.4, -0.2) is 39.1 Å². The molecule has 2 heterocycles. The second-order valence-electron chi connectivity index (χ2n) is 11.5. The number of carbonyl (C=O) groups excluding carboxylic acids is 1. The van der Waals surface area contributed by atoms with Gasteiger partial charge in [0.05, 0.1) is 10.6 Å². The van der Waals surface area contributed by atoms with Crippen molar-refractivity contribution < 1.29 is 19.4 Å². The smallest absolute Gasteiger partial charge is 0.348 e. The predicted octanol–water partition coefficient (Wildman–Crippen LogP) is 6.35. The Morgan fingerprint density at radius 1 is 1.21 bits per heavy atom. The molecule has 0 aliphatic heterocycles. The molecule has 2 aliphatic carbocycles. The molecule has 1 fully saturated rings. The highest BCUT2D eigenvalue weighted by molar-refractivity contribution is 7.15. The van der Waals surface area contributed by atoms with Crippen LogP contribution in [0.15, 0.2) is 36.3 Å². The normalized spacial score (nSPS) is 23.6. The molecule has 1 unspecified atom stereocenters. The van der Waals surface area contributed by atoms with Crippen molar-refractivity contribution >= 4 is 28.9 Å². The van der Waals surface area contributed by atoms with E-state index >= 15 is 0 Å². The maximum absolute atomic E-state index is 14.2. The monoisotopic (exact) mass is 535 g/mol. The molecule has 0 radical (unpaired) electrons.